The molecule has 0 saturated carbocycles. The Morgan fingerprint density at radius 2 is 1.96 bits per heavy atom. The Bertz CT molecular complexity index is 671. The minimum absolute atomic E-state index is 0.0256. The van der Waals surface area contributed by atoms with Gasteiger partial charge in [0.2, 0.25) is 15.9 Å². The van der Waals surface area contributed by atoms with E-state index in [9.17, 15) is 13.2 Å². The predicted molar refractivity (Wildman–Crippen MR) is 93.9 cm³/mol. The molecule has 1 aromatic carbocycles. The fraction of sp³-hybridized carbons (Fsp3) is 0.588. The molecule has 1 aliphatic heterocycles. The molecule has 1 saturated heterocycles. The average Bonchev–Trinajstić information content (AvgIpc) is 2.92. The minimum atomic E-state index is -3.74. The van der Waals surface area contributed by atoms with Gasteiger partial charge in [-0.15, -0.1) is 0 Å². The highest BCUT2D eigenvalue weighted by Gasteiger charge is 2.32. The Kier molecular flexibility index (Phi) is 6.01. The number of hydrogen-bond acceptors (Lipinski definition) is 4. The summed E-state index contributed by atoms with van der Waals surface area (Å²) in [5.41, 5.74) is 6.85. The lowest BCUT2D eigenvalue weighted by molar-refractivity contribution is -0.132. The first-order chi connectivity index (χ1) is 11.2. The van der Waals surface area contributed by atoms with E-state index in [0.29, 0.717) is 19.5 Å². The number of nitrogens with two attached hydrogens (primary N) is 1. The Hall–Kier alpha value is -1.44. The van der Waals surface area contributed by atoms with Gasteiger partial charge in [0.15, 0.2) is 0 Å². The molecule has 6 nitrogen and oxygen atoms in total. The van der Waals surface area contributed by atoms with Gasteiger partial charge in [-0.25, -0.2) is 8.42 Å². The van der Waals surface area contributed by atoms with Crippen LogP contribution < -0.4 is 10.5 Å². The average molecular weight is 353 g/mol. The highest BCUT2D eigenvalue weighted by atomic mass is 32.2. The fourth-order valence-electron chi connectivity index (χ4n) is 2.85. The zero-order chi connectivity index (χ0) is 17.9. The van der Waals surface area contributed by atoms with Crippen molar-refractivity contribution in [2.24, 2.45) is 11.7 Å². The second-order valence-corrected chi connectivity index (χ2v) is 8.66. The van der Waals surface area contributed by atoms with Crippen LogP contribution in [0.4, 0.5) is 0 Å². The van der Waals surface area contributed by atoms with Crippen molar-refractivity contribution in [2.45, 2.75) is 50.6 Å². The van der Waals surface area contributed by atoms with Gasteiger partial charge in [0.05, 0.1) is 4.90 Å². The zero-order valence-corrected chi connectivity index (χ0v) is 15.3. The summed E-state index contributed by atoms with van der Waals surface area (Å²) >= 11 is 0. The van der Waals surface area contributed by atoms with Crippen LogP contribution in [-0.2, 0) is 14.8 Å². The van der Waals surface area contributed by atoms with E-state index in [1.54, 1.807) is 29.2 Å². The predicted octanol–water partition coefficient (Wildman–Crippen LogP) is 1.25. The smallest absolute Gasteiger partial charge is 0.241 e. The Morgan fingerprint density at radius 1 is 1.33 bits per heavy atom. The van der Waals surface area contributed by atoms with Gasteiger partial charge in [-0.2, -0.15) is 4.72 Å². The number of carbonyl (C=O) groups excluding carboxylic acids is 1. The molecule has 134 valence electrons. The van der Waals surface area contributed by atoms with E-state index in [4.69, 9.17) is 5.73 Å². The van der Waals surface area contributed by atoms with Crippen molar-refractivity contribution in [2.75, 3.05) is 13.1 Å². The third-order valence-electron chi connectivity index (χ3n) is 4.17. The van der Waals surface area contributed by atoms with Crippen molar-refractivity contribution in [1.29, 1.82) is 0 Å². The van der Waals surface area contributed by atoms with E-state index in [2.05, 4.69) is 4.72 Å². The molecule has 1 aromatic rings. The number of benzene rings is 1. The summed E-state index contributed by atoms with van der Waals surface area (Å²) in [7, 11) is -3.74. The number of nitrogens with one attached hydrogen (secondary N) is 1. The normalized spacial score (nSPS) is 19.7. The number of amides is 1. The maximum absolute atomic E-state index is 12.7. The van der Waals surface area contributed by atoms with Gasteiger partial charge in [-0.1, -0.05) is 31.5 Å². The summed E-state index contributed by atoms with van der Waals surface area (Å²) in [6.07, 6.45) is 1.21. The van der Waals surface area contributed by atoms with Crippen molar-refractivity contribution in [3.63, 3.8) is 0 Å². The molecule has 0 spiro atoms. The highest BCUT2D eigenvalue weighted by Crippen LogP contribution is 2.17. The summed E-state index contributed by atoms with van der Waals surface area (Å²) in [5, 5.41) is 0. The van der Waals surface area contributed by atoms with Crippen LogP contribution in [0.5, 0.6) is 0 Å². The topological polar surface area (TPSA) is 92.5 Å². The van der Waals surface area contributed by atoms with Gasteiger partial charge in [0, 0.05) is 19.1 Å². The molecule has 0 radical (unpaired) electrons. The van der Waals surface area contributed by atoms with Gasteiger partial charge in [0.25, 0.3) is 0 Å². The highest BCUT2D eigenvalue weighted by molar-refractivity contribution is 7.89. The molecule has 0 aromatic heterocycles. The van der Waals surface area contributed by atoms with E-state index in [-0.39, 0.29) is 22.8 Å². The molecule has 7 heteroatoms. The van der Waals surface area contributed by atoms with Crippen LogP contribution in [0.15, 0.2) is 29.2 Å². The van der Waals surface area contributed by atoms with Crippen molar-refractivity contribution in [3.8, 4) is 0 Å². The lowest BCUT2D eigenvalue weighted by Crippen LogP contribution is -2.48. The second kappa shape index (κ2) is 7.63. The molecule has 0 aliphatic carbocycles. The van der Waals surface area contributed by atoms with Gasteiger partial charge in [-0.3, -0.25) is 4.79 Å². The van der Waals surface area contributed by atoms with Gasteiger partial charge < -0.3 is 10.6 Å². The van der Waals surface area contributed by atoms with Gasteiger partial charge in [-0.05, 0) is 37.8 Å². The first-order valence-electron chi connectivity index (χ1n) is 8.32. The van der Waals surface area contributed by atoms with Crippen LogP contribution in [0, 0.1) is 12.8 Å². The second-order valence-electron chi connectivity index (χ2n) is 6.95. The summed E-state index contributed by atoms with van der Waals surface area (Å²) in [5.74, 6) is 0.00304. The summed E-state index contributed by atoms with van der Waals surface area (Å²) < 4.78 is 27.8. The molecule has 1 amide bonds. The number of sulfonamides is 1. The summed E-state index contributed by atoms with van der Waals surface area (Å²) in [6.45, 7) is 6.90. The lowest BCUT2D eigenvalue weighted by Gasteiger charge is -2.25. The molecule has 3 N–H and O–H groups in total. The molecule has 0 bridgehead atoms. The maximum atomic E-state index is 12.7. The number of aryl methyl sites for hydroxylation is 1. The zero-order valence-electron chi connectivity index (χ0n) is 14.5. The molecule has 1 heterocycles. The standard InChI is InChI=1S/C17H27N3O3S/c1-12(2)10-16(17(21)20-9-8-14(18)11-20)19-24(22,23)15-6-4-13(3)5-7-15/h4-7,12,14,16,19H,8-11,18H2,1-3H3/t14-,16?/m1/s1. The van der Waals surface area contributed by atoms with E-state index in [1.165, 1.54) is 0 Å². The van der Waals surface area contributed by atoms with Crippen LogP contribution in [0.1, 0.15) is 32.3 Å². The van der Waals surface area contributed by atoms with Crippen LogP contribution >= 0.6 is 0 Å². The number of nitrogens with zero attached hydrogens (tertiary/aromatic N) is 1. The first-order valence-corrected chi connectivity index (χ1v) is 9.80. The van der Waals surface area contributed by atoms with Crippen LogP contribution in [0.2, 0.25) is 0 Å². The lowest BCUT2D eigenvalue weighted by atomic mass is 10.0. The monoisotopic (exact) mass is 353 g/mol. The van der Waals surface area contributed by atoms with Crippen molar-refractivity contribution in [3.05, 3.63) is 29.8 Å². The number of hydrogen-bond donors (Lipinski definition) is 2. The van der Waals surface area contributed by atoms with E-state index in [1.807, 2.05) is 20.8 Å². The molecule has 2 atom stereocenters. The Balaban J connectivity index is 2.18. The largest absolute Gasteiger partial charge is 0.340 e. The van der Waals surface area contributed by atoms with Crippen LogP contribution in [-0.4, -0.2) is 44.4 Å². The quantitative estimate of drug-likeness (QED) is 0.805. The van der Waals surface area contributed by atoms with E-state index >= 15 is 0 Å². The summed E-state index contributed by atoms with van der Waals surface area (Å²) in [4.78, 5) is 14.6. The molecule has 24 heavy (non-hydrogen) atoms. The van der Waals surface area contributed by atoms with Crippen LogP contribution in [0.25, 0.3) is 0 Å². The Labute approximate surface area is 144 Å². The molecule has 1 fully saturated rings. The number of carbonyl (C=O) groups is 1. The van der Waals surface area contributed by atoms with Gasteiger partial charge in [0.1, 0.15) is 6.04 Å². The van der Waals surface area contributed by atoms with Crippen molar-refractivity contribution in [1.82, 2.24) is 9.62 Å². The van der Waals surface area contributed by atoms with Crippen LogP contribution in [0.3, 0.4) is 0 Å². The fourth-order valence-corrected chi connectivity index (χ4v) is 4.05. The van der Waals surface area contributed by atoms with Gasteiger partial charge >= 0.3 is 0 Å². The molecular weight excluding hydrogens is 326 g/mol. The molecule has 2 rings (SSSR count). The third kappa shape index (κ3) is 4.78. The molecular formula is C17H27N3O3S. The SMILES string of the molecule is Cc1ccc(S(=O)(=O)NC(CC(C)C)C(=O)N2CC[C@@H](N)C2)cc1. The third-order valence-corrected chi connectivity index (χ3v) is 5.66. The Morgan fingerprint density at radius 3 is 2.46 bits per heavy atom. The number of likely N-dealkylation sites (tertiary alicyclic amines) is 1. The van der Waals surface area contributed by atoms with Crippen molar-refractivity contribution >= 4 is 15.9 Å². The minimum Gasteiger partial charge on any atom is -0.340 e. The van der Waals surface area contributed by atoms with E-state index in [0.717, 1.165) is 12.0 Å². The molecule has 1 unspecified atom stereocenters. The molecule has 1 aliphatic rings. The van der Waals surface area contributed by atoms with Crippen molar-refractivity contribution < 1.29 is 13.2 Å². The van der Waals surface area contributed by atoms with E-state index < -0.39 is 16.1 Å². The number of rotatable bonds is 6. The maximum Gasteiger partial charge on any atom is 0.241 e. The first kappa shape index (κ1) is 18.9. The summed E-state index contributed by atoms with van der Waals surface area (Å²) in [6, 6.07) is 5.81.